The van der Waals surface area contributed by atoms with Gasteiger partial charge in [-0.15, -0.1) is 0 Å². The van der Waals surface area contributed by atoms with Crippen molar-refractivity contribution in [2.75, 3.05) is 18.6 Å². The van der Waals surface area contributed by atoms with Gasteiger partial charge in [-0.3, -0.25) is 4.90 Å². The smallest absolute Gasteiger partial charge is 0.157 e. The molecule has 1 fully saturated rings. The van der Waals surface area contributed by atoms with Crippen LogP contribution in [0.25, 0.3) is 11.0 Å². The van der Waals surface area contributed by atoms with Crippen LogP contribution < -0.4 is 0 Å². The van der Waals surface area contributed by atoms with Gasteiger partial charge in [0.05, 0.1) is 6.20 Å². The lowest BCUT2D eigenvalue weighted by Crippen LogP contribution is -2.30. The molecule has 3 heterocycles. The molecule has 0 bridgehead atoms. The van der Waals surface area contributed by atoms with Crippen molar-refractivity contribution >= 4 is 22.8 Å². The van der Waals surface area contributed by atoms with E-state index in [4.69, 9.17) is 0 Å². The third-order valence-electron chi connectivity index (χ3n) is 3.94. The summed E-state index contributed by atoms with van der Waals surface area (Å²) in [5.41, 5.74) is 2.27. The molecule has 2 aromatic heterocycles. The van der Waals surface area contributed by atoms with E-state index in [9.17, 15) is 0 Å². The Kier molecular flexibility index (Phi) is 3.98. The van der Waals surface area contributed by atoms with Crippen LogP contribution in [0.2, 0.25) is 0 Å². The fraction of sp³-hybridized carbons (Fsp3) is 0.600. The van der Waals surface area contributed by atoms with Gasteiger partial charge in [0, 0.05) is 36.0 Å². The topological polar surface area (TPSA) is 34.0 Å². The number of pyridine rings is 1. The first kappa shape index (κ1) is 13.9. The number of aromatic nitrogens is 3. The molecule has 1 atom stereocenters. The van der Waals surface area contributed by atoms with Crippen LogP contribution in [0.15, 0.2) is 18.5 Å². The van der Waals surface area contributed by atoms with Crippen LogP contribution in [0.5, 0.6) is 0 Å². The zero-order valence-electron chi connectivity index (χ0n) is 12.4. The summed E-state index contributed by atoms with van der Waals surface area (Å²) in [5, 5.41) is 5.57. The molecule has 1 aliphatic heterocycles. The predicted molar refractivity (Wildman–Crippen MR) is 85.1 cm³/mol. The molecule has 1 aliphatic rings. The normalized spacial score (nSPS) is 19.6. The van der Waals surface area contributed by atoms with E-state index < -0.39 is 0 Å². The minimum atomic E-state index is 0.351. The summed E-state index contributed by atoms with van der Waals surface area (Å²) in [5.74, 6) is 2.56. The van der Waals surface area contributed by atoms with Gasteiger partial charge < -0.3 is 0 Å². The van der Waals surface area contributed by atoms with Gasteiger partial charge in [0.15, 0.2) is 5.65 Å². The molecule has 0 unspecified atom stereocenters. The Morgan fingerprint density at radius 1 is 1.45 bits per heavy atom. The summed E-state index contributed by atoms with van der Waals surface area (Å²) in [4.78, 5) is 7.06. The van der Waals surface area contributed by atoms with Crippen molar-refractivity contribution in [3.63, 3.8) is 0 Å². The van der Waals surface area contributed by atoms with E-state index in [1.54, 1.807) is 0 Å². The number of thioether (sulfide) groups is 1. The molecule has 0 spiro atoms. The lowest BCUT2D eigenvalue weighted by Gasteiger charge is -2.23. The third kappa shape index (κ3) is 2.69. The van der Waals surface area contributed by atoms with Crippen molar-refractivity contribution in [2.45, 2.75) is 38.9 Å². The standard InChI is InChI=1S/C15H22N4S/c1-11(2)19-15-13(8-17-19)6-12(7-16-15)9-18(3)14-4-5-20-10-14/h6-8,11,14H,4-5,9-10H2,1-3H3/t14-/m1/s1. The number of hydrogen-bond donors (Lipinski definition) is 0. The summed E-state index contributed by atoms with van der Waals surface area (Å²) < 4.78 is 1.98. The average Bonchev–Trinajstić information content (AvgIpc) is 3.07. The molecule has 3 rings (SSSR count). The first-order chi connectivity index (χ1) is 9.65. The molecule has 4 nitrogen and oxygen atoms in total. The minimum absolute atomic E-state index is 0.351. The summed E-state index contributed by atoms with van der Waals surface area (Å²) in [6.45, 7) is 5.24. The molecule has 0 amide bonds. The van der Waals surface area contributed by atoms with E-state index in [1.165, 1.54) is 23.5 Å². The minimum Gasteiger partial charge on any atom is -0.298 e. The van der Waals surface area contributed by atoms with E-state index in [0.29, 0.717) is 12.1 Å². The summed E-state index contributed by atoms with van der Waals surface area (Å²) in [6, 6.07) is 3.30. The van der Waals surface area contributed by atoms with Gasteiger partial charge in [0.2, 0.25) is 0 Å². The second-order valence-corrected chi connectivity index (χ2v) is 7.02. The maximum absolute atomic E-state index is 4.61. The number of nitrogens with zero attached hydrogens (tertiary/aromatic N) is 4. The summed E-state index contributed by atoms with van der Waals surface area (Å²) in [7, 11) is 2.22. The SMILES string of the molecule is CC(C)n1ncc2cc(CN(C)[C@@H]3CCSC3)cnc21. The van der Waals surface area contributed by atoms with Gasteiger partial charge in [-0.2, -0.15) is 16.9 Å². The van der Waals surface area contributed by atoms with Gasteiger partial charge in [-0.1, -0.05) is 0 Å². The number of hydrogen-bond acceptors (Lipinski definition) is 4. The Morgan fingerprint density at radius 3 is 3.00 bits per heavy atom. The molecular formula is C15H22N4S. The maximum Gasteiger partial charge on any atom is 0.157 e. The van der Waals surface area contributed by atoms with E-state index in [1.807, 2.05) is 17.1 Å². The quantitative estimate of drug-likeness (QED) is 0.867. The van der Waals surface area contributed by atoms with Crippen LogP contribution in [0.4, 0.5) is 0 Å². The lowest BCUT2D eigenvalue weighted by molar-refractivity contribution is 0.254. The fourth-order valence-electron chi connectivity index (χ4n) is 2.74. The second kappa shape index (κ2) is 5.74. The first-order valence-electron chi connectivity index (χ1n) is 7.25. The first-order valence-corrected chi connectivity index (χ1v) is 8.40. The van der Waals surface area contributed by atoms with Gasteiger partial charge in [-0.25, -0.2) is 9.67 Å². The van der Waals surface area contributed by atoms with Gasteiger partial charge >= 0.3 is 0 Å². The van der Waals surface area contributed by atoms with Crippen LogP contribution in [-0.2, 0) is 6.54 Å². The Hall–Kier alpha value is -1.07. The van der Waals surface area contributed by atoms with Crippen molar-refractivity contribution in [2.24, 2.45) is 0 Å². The summed E-state index contributed by atoms with van der Waals surface area (Å²) in [6.07, 6.45) is 5.24. The van der Waals surface area contributed by atoms with E-state index >= 15 is 0 Å². The Labute approximate surface area is 124 Å². The zero-order chi connectivity index (χ0) is 14.1. The molecular weight excluding hydrogens is 268 g/mol. The number of rotatable bonds is 4. The van der Waals surface area contributed by atoms with Crippen molar-refractivity contribution in [3.8, 4) is 0 Å². The predicted octanol–water partition coefficient (Wildman–Crippen LogP) is 2.95. The Morgan fingerprint density at radius 2 is 2.30 bits per heavy atom. The van der Waals surface area contributed by atoms with Crippen molar-refractivity contribution in [3.05, 3.63) is 24.0 Å². The van der Waals surface area contributed by atoms with Gasteiger partial charge in [-0.05, 0) is 44.7 Å². The second-order valence-electron chi connectivity index (χ2n) is 5.87. The Bertz CT molecular complexity index is 587. The zero-order valence-corrected chi connectivity index (χ0v) is 13.2. The molecule has 2 aromatic rings. The van der Waals surface area contributed by atoms with E-state index in [-0.39, 0.29) is 0 Å². The largest absolute Gasteiger partial charge is 0.298 e. The highest BCUT2D eigenvalue weighted by atomic mass is 32.2. The van der Waals surface area contributed by atoms with E-state index in [0.717, 1.165) is 17.6 Å². The highest BCUT2D eigenvalue weighted by Gasteiger charge is 2.20. The van der Waals surface area contributed by atoms with Crippen LogP contribution in [0, 0.1) is 0 Å². The van der Waals surface area contributed by atoms with Crippen LogP contribution >= 0.6 is 11.8 Å². The fourth-order valence-corrected chi connectivity index (χ4v) is 4.04. The van der Waals surface area contributed by atoms with Crippen LogP contribution in [-0.4, -0.2) is 44.3 Å². The summed E-state index contributed by atoms with van der Waals surface area (Å²) >= 11 is 2.06. The maximum atomic E-state index is 4.61. The van der Waals surface area contributed by atoms with E-state index in [2.05, 4.69) is 53.7 Å². The highest BCUT2D eigenvalue weighted by Crippen LogP contribution is 2.23. The van der Waals surface area contributed by atoms with Gasteiger partial charge in [0.1, 0.15) is 0 Å². The molecule has 0 aromatic carbocycles. The Balaban J connectivity index is 1.79. The average molecular weight is 290 g/mol. The van der Waals surface area contributed by atoms with Crippen LogP contribution in [0.3, 0.4) is 0 Å². The van der Waals surface area contributed by atoms with Crippen molar-refractivity contribution in [1.29, 1.82) is 0 Å². The molecule has 1 saturated heterocycles. The third-order valence-corrected chi connectivity index (χ3v) is 5.08. The molecule has 0 aliphatic carbocycles. The number of fused-ring (bicyclic) bond motifs is 1. The monoisotopic (exact) mass is 290 g/mol. The molecule has 5 heteroatoms. The van der Waals surface area contributed by atoms with Crippen molar-refractivity contribution < 1.29 is 0 Å². The molecule has 20 heavy (non-hydrogen) atoms. The molecule has 0 radical (unpaired) electrons. The highest BCUT2D eigenvalue weighted by molar-refractivity contribution is 7.99. The lowest BCUT2D eigenvalue weighted by atomic mass is 10.2. The van der Waals surface area contributed by atoms with Gasteiger partial charge in [0.25, 0.3) is 0 Å². The molecule has 108 valence electrons. The van der Waals surface area contributed by atoms with Crippen molar-refractivity contribution in [1.82, 2.24) is 19.7 Å². The molecule has 0 N–H and O–H groups in total. The molecule has 0 saturated carbocycles. The van der Waals surface area contributed by atoms with Crippen LogP contribution in [0.1, 0.15) is 31.9 Å².